The van der Waals surface area contributed by atoms with Crippen LogP contribution >= 0.6 is 0 Å². The van der Waals surface area contributed by atoms with E-state index in [0.29, 0.717) is 19.6 Å². The summed E-state index contributed by atoms with van der Waals surface area (Å²) in [5.41, 5.74) is 6.44. The number of rotatable bonds is 3. The molecular weight excluding hydrogens is 296 g/mol. The topological polar surface area (TPSA) is 85.0 Å². The minimum atomic E-state index is -0.568. The number of piperidine rings is 1. The first-order valence-corrected chi connectivity index (χ1v) is 8.20. The molecule has 3 aliphatic rings. The lowest BCUT2D eigenvalue weighted by Crippen LogP contribution is -2.49. The van der Waals surface area contributed by atoms with E-state index in [4.69, 9.17) is 15.2 Å². The van der Waals surface area contributed by atoms with Gasteiger partial charge >= 0.3 is 0 Å². The Morgan fingerprint density at radius 3 is 2.83 bits per heavy atom. The van der Waals surface area contributed by atoms with Gasteiger partial charge in [0.2, 0.25) is 12.7 Å². The maximum atomic E-state index is 12.6. The monoisotopic (exact) mass is 318 g/mol. The third-order valence-electron chi connectivity index (χ3n) is 5.39. The van der Waals surface area contributed by atoms with Gasteiger partial charge in [0.25, 0.3) is 0 Å². The van der Waals surface area contributed by atoms with E-state index < -0.39 is 6.10 Å². The lowest BCUT2D eigenvalue weighted by atomic mass is 9.86. The zero-order valence-corrected chi connectivity index (χ0v) is 13.0. The van der Waals surface area contributed by atoms with Gasteiger partial charge in [0.05, 0.1) is 11.5 Å². The zero-order valence-electron chi connectivity index (χ0n) is 13.0. The van der Waals surface area contributed by atoms with Gasteiger partial charge in [0.15, 0.2) is 11.5 Å². The number of fused-ring (bicyclic) bond motifs is 1. The number of aliphatic hydroxyl groups is 1. The minimum Gasteiger partial charge on any atom is -0.454 e. The van der Waals surface area contributed by atoms with Crippen LogP contribution in [0.4, 0.5) is 0 Å². The highest BCUT2D eigenvalue weighted by molar-refractivity contribution is 5.85. The molecule has 2 unspecified atom stereocenters. The Labute approximate surface area is 135 Å². The number of ether oxygens (including phenoxy) is 2. The van der Waals surface area contributed by atoms with E-state index in [2.05, 4.69) is 0 Å². The summed E-state index contributed by atoms with van der Waals surface area (Å²) in [6.45, 7) is 1.69. The fraction of sp³-hybridized carbons (Fsp3) is 0.588. The molecule has 1 saturated carbocycles. The van der Waals surface area contributed by atoms with Gasteiger partial charge in [-0.3, -0.25) is 4.79 Å². The van der Waals surface area contributed by atoms with Gasteiger partial charge in [-0.15, -0.1) is 0 Å². The van der Waals surface area contributed by atoms with Crippen molar-refractivity contribution < 1.29 is 19.4 Å². The Balaban J connectivity index is 1.46. The number of β-amino-alcohol motifs (C(OH)–C–C–N with tert-alkyl or cyclic N) is 1. The van der Waals surface area contributed by atoms with Crippen LogP contribution in [0.15, 0.2) is 18.2 Å². The van der Waals surface area contributed by atoms with Crippen LogP contribution in [0.5, 0.6) is 11.5 Å². The standard InChI is InChI=1S/C17H22N2O4/c18-9-17(4-5-17)16(21)19-6-3-12(13(20)8-19)11-1-2-14-15(7-11)23-10-22-14/h1-2,7,12-13,20H,3-6,8-10,18H2. The molecule has 124 valence electrons. The molecule has 0 aromatic heterocycles. The summed E-state index contributed by atoms with van der Waals surface area (Å²) in [7, 11) is 0. The second-order valence-corrected chi connectivity index (χ2v) is 6.81. The van der Waals surface area contributed by atoms with Crippen LogP contribution in [-0.4, -0.2) is 48.4 Å². The third kappa shape index (κ3) is 2.46. The first-order valence-electron chi connectivity index (χ1n) is 8.20. The van der Waals surface area contributed by atoms with E-state index in [-0.39, 0.29) is 24.0 Å². The van der Waals surface area contributed by atoms with Gasteiger partial charge in [-0.1, -0.05) is 6.07 Å². The normalized spacial score (nSPS) is 27.8. The highest BCUT2D eigenvalue weighted by Crippen LogP contribution is 2.47. The number of hydrogen-bond donors (Lipinski definition) is 2. The predicted molar refractivity (Wildman–Crippen MR) is 83.2 cm³/mol. The molecule has 2 atom stereocenters. The summed E-state index contributed by atoms with van der Waals surface area (Å²) in [5.74, 6) is 1.60. The number of nitrogens with zero attached hydrogens (tertiary/aromatic N) is 1. The molecular formula is C17H22N2O4. The fourth-order valence-corrected chi connectivity index (χ4v) is 3.64. The first kappa shape index (κ1) is 14.8. The third-order valence-corrected chi connectivity index (χ3v) is 5.39. The van der Waals surface area contributed by atoms with Gasteiger partial charge in [-0.2, -0.15) is 0 Å². The van der Waals surface area contributed by atoms with Crippen molar-refractivity contribution in [3.63, 3.8) is 0 Å². The molecule has 2 heterocycles. The summed E-state index contributed by atoms with van der Waals surface area (Å²) in [6, 6.07) is 5.80. The molecule has 2 fully saturated rings. The van der Waals surface area contributed by atoms with Crippen molar-refractivity contribution in [3.8, 4) is 11.5 Å². The molecule has 0 bridgehead atoms. The highest BCUT2D eigenvalue weighted by atomic mass is 16.7. The van der Waals surface area contributed by atoms with Crippen molar-refractivity contribution >= 4 is 5.91 Å². The molecule has 1 amide bonds. The summed E-state index contributed by atoms with van der Waals surface area (Å²) in [5, 5.41) is 10.6. The number of carbonyl (C=O) groups is 1. The van der Waals surface area contributed by atoms with Gasteiger partial charge in [0.1, 0.15) is 0 Å². The Morgan fingerprint density at radius 2 is 2.13 bits per heavy atom. The number of aliphatic hydroxyl groups excluding tert-OH is 1. The molecule has 2 aliphatic heterocycles. The molecule has 23 heavy (non-hydrogen) atoms. The number of benzene rings is 1. The molecule has 6 heteroatoms. The van der Waals surface area contributed by atoms with Gasteiger partial charge in [-0.05, 0) is 37.0 Å². The predicted octanol–water partition coefficient (Wildman–Crippen LogP) is 0.831. The molecule has 0 radical (unpaired) electrons. The first-order chi connectivity index (χ1) is 11.1. The van der Waals surface area contributed by atoms with Crippen LogP contribution < -0.4 is 15.2 Å². The summed E-state index contributed by atoms with van der Waals surface area (Å²) < 4.78 is 10.7. The van der Waals surface area contributed by atoms with Crippen LogP contribution in [0.25, 0.3) is 0 Å². The van der Waals surface area contributed by atoms with Gasteiger partial charge in [-0.25, -0.2) is 0 Å². The van der Waals surface area contributed by atoms with E-state index in [9.17, 15) is 9.90 Å². The van der Waals surface area contributed by atoms with E-state index in [1.807, 2.05) is 18.2 Å². The highest BCUT2D eigenvalue weighted by Gasteiger charge is 2.51. The number of carbonyl (C=O) groups excluding carboxylic acids is 1. The van der Waals surface area contributed by atoms with Crippen molar-refractivity contribution in [2.24, 2.45) is 11.1 Å². The van der Waals surface area contributed by atoms with E-state index in [1.165, 1.54) is 0 Å². The zero-order chi connectivity index (χ0) is 16.0. The van der Waals surface area contributed by atoms with Crippen LogP contribution in [0.3, 0.4) is 0 Å². The van der Waals surface area contributed by atoms with E-state index in [0.717, 1.165) is 36.3 Å². The lowest BCUT2D eigenvalue weighted by molar-refractivity contribution is -0.140. The molecule has 1 aromatic rings. The number of nitrogens with two attached hydrogens (primary N) is 1. The fourth-order valence-electron chi connectivity index (χ4n) is 3.64. The van der Waals surface area contributed by atoms with Crippen molar-refractivity contribution in [2.75, 3.05) is 26.4 Å². The van der Waals surface area contributed by atoms with Crippen molar-refractivity contribution in [2.45, 2.75) is 31.3 Å². The largest absolute Gasteiger partial charge is 0.454 e. The molecule has 1 aromatic carbocycles. The average molecular weight is 318 g/mol. The molecule has 4 rings (SSSR count). The molecule has 1 saturated heterocycles. The maximum absolute atomic E-state index is 12.6. The lowest BCUT2D eigenvalue weighted by Gasteiger charge is -2.37. The Bertz CT molecular complexity index is 629. The van der Waals surface area contributed by atoms with Crippen molar-refractivity contribution in [3.05, 3.63) is 23.8 Å². The van der Waals surface area contributed by atoms with E-state index in [1.54, 1.807) is 4.90 Å². The van der Waals surface area contributed by atoms with Crippen LogP contribution in [0, 0.1) is 5.41 Å². The second-order valence-electron chi connectivity index (χ2n) is 6.81. The number of likely N-dealkylation sites (tertiary alicyclic amines) is 1. The Kier molecular flexibility index (Phi) is 3.46. The number of hydrogen-bond acceptors (Lipinski definition) is 5. The summed E-state index contributed by atoms with van der Waals surface area (Å²) >= 11 is 0. The second kappa shape index (κ2) is 5.39. The maximum Gasteiger partial charge on any atom is 0.231 e. The minimum absolute atomic E-state index is 0.0154. The Hall–Kier alpha value is -1.79. The average Bonchev–Trinajstić information content (AvgIpc) is 3.23. The van der Waals surface area contributed by atoms with E-state index >= 15 is 0 Å². The van der Waals surface area contributed by atoms with Crippen LogP contribution in [-0.2, 0) is 4.79 Å². The number of amides is 1. The SMILES string of the molecule is NCC1(C(=O)N2CCC(c3ccc4c(c3)OCO4)C(O)C2)CC1. The van der Waals surface area contributed by atoms with Crippen LogP contribution in [0.2, 0.25) is 0 Å². The smallest absolute Gasteiger partial charge is 0.231 e. The Morgan fingerprint density at radius 1 is 1.35 bits per heavy atom. The van der Waals surface area contributed by atoms with Gasteiger partial charge < -0.3 is 25.2 Å². The molecule has 6 nitrogen and oxygen atoms in total. The summed E-state index contributed by atoms with van der Waals surface area (Å²) in [4.78, 5) is 14.3. The summed E-state index contributed by atoms with van der Waals surface area (Å²) in [6.07, 6.45) is 1.93. The van der Waals surface area contributed by atoms with Crippen molar-refractivity contribution in [1.82, 2.24) is 4.90 Å². The van der Waals surface area contributed by atoms with Crippen LogP contribution in [0.1, 0.15) is 30.7 Å². The molecule has 3 N–H and O–H groups in total. The quantitative estimate of drug-likeness (QED) is 0.862. The molecule has 0 spiro atoms. The molecule has 1 aliphatic carbocycles. The van der Waals surface area contributed by atoms with Crippen molar-refractivity contribution in [1.29, 1.82) is 0 Å². The van der Waals surface area contributed by atoms with Gasteiger partial charge in [0, 0.05) is 25.6 Å².